The number of carbonyl (C=O) groups excluding carboxylic acids is 1. The monoisotopic (exact) mass is 327 g/mol. The van der Waals surface area contributed by atoms with Gasteiger partial charge in [-0.3, -0.25) is 9.59 Å². The quantitative estimate of drug-likeness (QED) is 0.847. The van der Waals surface area contributed by atoms with Gasteiger partial charge in [0, 0.05) is 12.1 Å². The molecule has 0 spiro atoms. The molecule has 1 N–H and O–H groups in total. The van der Waals surface area contributed by atoms with E-state index in [0.717, 1.165) is 11.3 Å². The molecular formula is C19H21NO4. The van der Waals surface area contributed by atoms with Crippen LogP contribution in [0.5, 0.6) is 5.75 Å². The number of carbonyl (C=O) groups is 2. The van der Waals surface area contributed by atoms with Gasteiger partial charge in [-0.1, -0.05) is 43.3 Å². The number of anilines is 1. The smallest absolute Gasteiger partial charge is 0.323 e. The van der Waals surface area contributed by atoms with E-state index in [0.29, 0.717) is 5.69 Å². The van der Waals surface area contributed by atoms with Gasteiger partial charge < -0.3 is 14.7 Å². The Morgan fingerprint density at radius 2 is 1.71 bits per heavy atom. The highest BCUT2D eigenvalue weighted by atomic mass is 16.5. The second-order valence-corrected chi connectivity index (χ2v) is 5.56. The first-order valence-electron chi connectivity index (χ1n) is 7.73. The Balaban J connectivity index is 2.19. The van der Waals surface area contributed by atoms with Crippen molar-refractivity contribution in [1.29, 1.82) is 0 Å². The summed E-state index contributed by atoms with van der Waals surface area (Å²) < 4.78 is 5.34. The minimum atomic E-state index is -1.04. The molecule has 0 aliphatic heterocycles. The Labute approximate surface area is 141 Å². The molecule has 2 aromatic rings. The number of methoxy groups -OCH3 is 1. The highest BCUT2D eigenvalue weighted by Crippen LogP contribution is 2.29. The van der Waals surface area contributed by atoms with Crippen molar-refractivity contribution in [1.82, 2.24) is 0 Å². The van der Waals surface area contributed by atoms with E-state index in [1.807, 2.05) is 37.3 Å². The number of amides is 1. The maximum Gasteiger partial charge on any atom is 0.323 e. The zero-order valence-electron chi connectivity index (χ0n) is 13.8. The number of rotatable bonds is 7. The molecule has 0 aliphatic carbocycles. The van der Waals surface area contributed by atoms with Gasteiger partial charge in [0.05, 0.1) is 7.11 Å². The third kappa shape index (κ3) is 4.35. The average molecular weight is 327 g/mol. The van der Waals surface area contributed by atoms with Gasteiger partial charge in [-0.2, -0.15) is 0 Å². The van der Waals surface area contributed by atoms with E-state index in [9.17, 15) is 9.59 Å². The van der Waals surface area contributed by atoms with Crippen molar-refractivity contribution in [3.63, 3.8) is 0 Å². The highest BCUT2D eigenvalue weighted by Gasteiger charge is 2.22. The number of nitrogens with zero attached hydrogens (tertiary/aromatic N) is 1. The van der Waals surface area contributed by atoms with Crippen LogP contribution < -0.4 is 9.64 Å². The van der Waals surface area contributed by atoms with Crippen LogP contribution in [0.15, 0.2) is 54.6 Å². The molecule has 0 heterocycles. The predicted molar refractivity (Wildman–Crippen MR) is 92.5 cm³/mol. The van der Waals surface area contributed by atoms with Crippen LogP contribution in [-0.2, 0) is 9.59 Å². The predicted octanol–water partition coefficient (Wildman–Crippen LogP) is 3.31. The summed E-state index contributed by atoms with van der Waals surface area (Å²) in [5, 5.41) is 9.11. The van der Waals surface area contributed by atoms with Crippen LogP contribution >= 0.6 is 0 Å². The molecule has 0 fully saturated rings. The lowest BCUT2D eigenvalue weighted by molar-refractivity contribution is -0.136. The summed E-state index contributed by atoms with van der Waals surface area (Å²) in [5.41, 5.74) is 1.51. The second-order valence-electron chi connectivity index (χ2n) is 5.56. The van der Waals surface area contributed by atoms with E-state index in [-0.39, 0.29) is 24.8 Å². The number of hydrogen-bond acceptors (Lipinski definition) is 3. The van der Waals surface area contributed by atoms with Gasteiger partial charge in [0.15, 0.2) is 0 Å². The van der Waals surface area contributed by atoms with Gasteiger partial charge in [-0.25, -0.2) is 0 Å². The van der Waals surface area contributed by atoms with Crippen molar-refractivity contribution in [2.75, 3.05) is 18.6 Å². The molecule has 0 saturated heterocycles. The zero-order chi connectivity index (χ0) is 17.5. The first-order chi connectivity index (χ1) is 11.5. The Bertz CT molecular complexity index is 700. The fourth-order valence-corrected chi connectivity index (χ4v) is 2.62. The summed E-state index contributed by atoms with van der Waals surface area (Å²) in [7, 11) is 1.59. The van der Waals surface area contributed by atoms with Crippen molar-refractivity contribution in [3.05, 3.63) is 60.2 Å². The molecule has 0 radical (unpaired) electrons. The Morgan fingerprint density at radius 3 is 2.33 bits per heavy atom. The van der Waals surface area contributed by atoms with Crippen LogP contribution in [0.25, 0.3) is 0 Å². The molecule has 2 rings (SSSR count). The maximum absolute atomic E-state index is 12.7. The SMILES string of the molecule is COc1ccccc1C(C)CC(=O)N(CC(=O)O)c1ccccc1. The lowest BCUT2D eigenvalue weighted by Gasteiger charge is -2.23. The molecule has 0 aliphatic rings. The number of carboxylic acids is 1. The van der Waals surface area contributed by atoms with Gasteiger partial charge >= 0.3 is 5.97 Å². The summed E-state index contributed by atoms with van der Waals surface area (Å²) in [5.74, 6) is -0.643. The van der Waals surface area contributed by atoms with Crippen molar-refractivity contribution < 1.29 is 19.4 Å². The van der Waals surface area contributed by atoms with Gasteiger partial charge in [0.25, 0.3) is 0 Å². The van der Waals surface area contributed by atoms with Crippen LogP contribution in [0.1, 0.15) is 24.8 Å². The molecule has 1 amide bonds. The van der Waals surface area contributed by atoms with E-state index in [1.54, 1.807) is 31.4 Å². The lowest BCUT2D eigenvalue weighted by Crippen LogP contribution is -2.36. The Kier molecular flexibility index (Phi) is 5.95. The average Bonchev–Trinajstić information content (AvgIpc) is 2.60. The standard InChI is InChI=1S/C19H21NO4/c1-14(16-10-6-7-11-17(16)24-2)12-18(21)20(13-19(22)23)15-8-4-3-5-9-15/h3-11,14H,12-13H2,1-2H3,(H,22,23). The molecule has 5 nitrogen and oxygen atoms in total. The molecule has 1 atom stereocenters. The molecule has 24 heavy (non-hydrogen) atoms. The Morgan fingerprint density at radius 1 is 1.08 bits per heavy atom. The van der Waals surface area contributed by atoms with Gasteiger partial charge in [0.1, 0.15) is 12.3 Å². The number of para-hydroxylation sites is 2. The summed E-state index contributed by atoms with van der Waals surface area (Å²) in [4.78, 5) is 25.1. The number of benzene rings is 2. The number of ether oxygens (including phenoxy) is 1. The minimum Gasteiger partial charge on any atom is -0.496 e. The van der Waals surface area contributed by atoms with Crippen LogP contribution in [0, 0.1) is 0 Å². The normalized spacial score (nSPS) is 11.6. The van der Waals surface area contributed by atoms with E-state index in [2.05, 4.69) is 0 Å². The van der Waals surface area contributed by atoms with Crippen molar-refractivity contribution in [2.45, 2.75) is 19.3 Å². The molecule has 5 heteroatoms. The summed E-state index contributed by atoms with van der Waals surface area (Å²) in [6.07, 6.45) is 0.197. The molecule has 0 saturated carbocycles. The van der Waals surface area contributed by atoms with Gasteiger partial charge in [-0.15, -0.1) is 0 Å². The minimum absolute atomic E-state index is 0.0892. The van der Waals surface area contributed by atoms with Crippen LogP contribution in [0.2, 0.25) is 0 Å². The summed E-state index contributed by atoms with van der Waals surface area (Å²) >= 11 is 0. The van der Waals surface area contributed by atoms with E-state index < -0.39 is 5.97 Å². The zero-order valence-corrected chi connectivity index (χ0v) is 13.8. The lowest BCUT2D eigenvalue weighted by atomic mass is 9.96. The van der Waals surface area contributed by atoms with Crippen molar-refractivity contribution in [2.24, 2.45) is 0 Å². The van der Waals surface area contributed by atoms with Gasteiger partial charge in [0.2, 0.25) is 5.91 Å². The number of carboxylic acid groups (broad SMARTS) is 1. The third-order valence-electron chi connectivity index (χ3n) is 3.81. The topological polar surface area (TPSA) is 66.8 Å². The fourth-order valence-electron chi connectivity index (χ4n) is 2.62. The molecular weight excluding hydrogens is 306 g/mol. The Hall–Kier alpha value is -2.82. The molecule has 2 aromatic carbocycles. The summed E-state index contributed by atoms with van der Waals surface area (Å²) in [6.45, 7) is 1.57. The van der Waals surface area contributed by atoms with Gasteiger partial charge in [-0.05, 0) is 29.7 Å². The molecule has 0 aromatic heterocycles. The van der Waals surface area contributed by atoms with Crippen molar-refractivity contribution in [3.8, 4) is 5.75 Å². The first kappa shape index (κ1) is 17.5. The molecule has 1 unspecified atom stereocenters. The first-order valence-corrected chi connectivity index (χ1v) is 7.73. The van der Waals surface area contributed by atoms with E-state index >= 15 is 0 Å². The third-order valence-corrected chi connectivity index (χ3v) is 3.81. The fraction of sp³-hybridized carbons (Fsp3) is 0.263. The van der Waals surface area contributed by atoms with Crippen LogP contribution in [-0.4, -0.2) is 30.6 Å². The molecule has 126 valence electrons. The second kappa shape index (κ2) is 8.15. The molecule has 0 bridgehead atoms. The summed E-state index contributed by atoms with van der Waals surface area (Å²) in [6, 6.07) is 16.4. The van der Waals surface area contributed by atoms with Crippen LogP contribution in [0.3, 0.4) is 0 Å². The van der Waals surface area contributed by atoms with E-state index in [1.165, 1.54) is 4.90 Å². The number of hydrogen-bond donors (Lipinski definition) is 1. The van der Waals surface area contributed by atoms with E-state index in [4.69, 9.17) is 9.84 Å². The maximum atomic E-state index is 12.7. The largest absolute Gasteiger partial charge is 0.496 e. The van der Waals surface area contributed by atoms with Crippen molar-refractivity contribution >= 4 is 17.6 Å². The van der Waals surface area contributed by atoms with Crippen LogP contribution in [0.4, 0.5) is 5.69 Å². The number of aliphatic carboxylic acids is 1. The highest BCUT2D eigenvalue weighted by molar-refractivity contribution is 5.97.